The SMILES string of the molecule is N#Cc1ccccc1OCC(=O)NCc1ccc2c(c1)OCO2. The maximum absolute atomic E-state index is 11.8. The van der Waals surface area contributed by atoms with E-state index in [4.69, 9.17) is 19.5 Å². The third kappa shape index (κ3) is 3.52. The van der Waals surface area contributed by atoms with Gasteiger partial charge in [0.2, 0.25) is 6.79 Å². The highest BCUT2D eigenvalue weighted by Gasteiger charge is 2.13. The zero-order chi connectivity index (χ0) is 16.1. The number of nitriles is 1. The lowest BCUT2D eigenvalue weighted by atomic mass is 10.2. The fourth-order valence-corrected chi connectivity index (χ4v) is 2.13. The highest BCUT2D eigenvalue weighted by molar-refractivity contribution is 5.77. The third-order valence-corrected chi connectivity index (χ3v) is 3.29. The van der Waals surface area contributed by atoms with Gasteiger partial charge in [-0.25, -0.2) is 0 Å². The maximum Gasteiger partial charge on any atom is 0.258 e. The van der Waals surface area contributed by atoms with Crippen LogP contribution in [0.3, 0.4) is 0 Å². The molecule has 23 heavy (non-hydrogen) atoms. The molecule has 1 amide bonds. The Morgan fingerprint density at radius 3 is 2.91 bits per heavy atom. The summed E-state index contributed by atoms with van der Waals surface area (Å²) < 4.78 is 15.9. The van der Waals surface area contributed by atoms with Crippen molar-refractivity contribution in [2.24, 2.45) is 0 Å². The van der Waals surface area contributed by atoms with Crippen molar-refractivity contribution in [3.8, 4) is 23.3 Å². The summed E-state index contributed by atoms with van der Waals surface area (Å²) in [5, 5.41) is 11.7. The zero-order valence-corrected chi connectivity index (χ0v) is 12.2. The fraction of sp³-hybridized carbons (Fsp3) is 0.176. The number of carbonyl (C=O) groups is 1. The van der Waals surface area contributed by atoms with E-state index in [0.29, 0.717) is 29.4 Å². The van der Waals surface area contributed by atoms with E-state index < -0.39 is 0 Å². The Labute approximate surface area is 133 Å². The number of fused-ring (bicyclic) bond motifs is 1. The molecule has 2 aromatic rings. The molecule has 6 nitrogen and oxygen atoms in total. The standard InChI is InChI=1S/C17H14N2O4/c18-8-13-3-1-2-4-14(13)21-10-17(20)19-9-12-5-6-15-16(7-12)23-11-22-15/h1-7H,9-11H2,(H,19,20). The highest BCUT2D eigenvalue weighted by Crippen LogP contribution is 2.32. The van der Waals surface area contributed by atoms with Crippen molar-refractivity contribution in [1.29, 1.82) is 5.26 Å². The highest BCUT2D eigenvalue weighted by atomic mass is 16.7. The molecule has 0 fully saturated rings. The number of amides is 1. The van der Waals surface area contributed by atoms with Crippen molar-refractivity contribution >= 4 is 5.91 Å². The molecule has 1 aliphatic rings. The molecule has 0 bridgehead atoms. The van der Waals surface area contributed by atoms with Gasteiger partial charge < -0.3 is 19.5 Å². The van der Waals surface area contributed by atoms with Crippen molar-refractivity contribution < 1.29 is 19.0 Å². The molecule has 1 aliphatic heterocycles. The minimum atomic E-state index is -0.268. The second-order valence-corrected chi connectivity index (χ2v) is 4.86. The summed E-state index contributed by atoms with van der Waals surface area (Å²) in [6.07, 6.45) is 0. The van der Waals surface area contributed by atoms with Crippen molar-refractivity contribution in [3.63, 3.8) is 0 Å². The molecule has 0 aromatic heterocycles. The number of nitrogens with zero attached hydrogens (tertiary/aromatic N) is 1. The average molecular weight is 310 g/mol. The van der Waals surface area contributed by atoms with E-state index in [-0.39, 0.29) is 19.3 Å². The predicted molar refractivity (Wildman–Crippen MR) is 81.1 cm³/mol. The lowest BCUT2D eigenvalue weighted by molar-refractivity contribution is -0.123. The molecule has 6 heteroatoms. The Kier molecular flexibility index (Phi) is 4.29. The second-order valence-electron chi connectivity index (χ2n) is 4.86. The van der Waals surface area contributed by atoms with E-state index >= 15 is 0 Å². The van der Waals surface area contributed by atoms with Crippen LogP contribution >= 0.6 is 0 Å². The number of rotatable bonds is 5. The van der Waals surface area contributed by atoms with Crippen LogP contribution in [0.5, 0.6) is 17.2 Å². The van der Waals surface area contributed by atoms with Crippen molar-refractivity contribution in [3.05, 3.63) is 53.6 Å². The number of para-hydroxylation sites is 1. The van der Waals surface area contributed by atoms with Crippen molar-refractivity contribution in [2.45, 2.75) is 6.54 Å². The van der Waals surface area contributed by atoms with Crippen LogP contribution in [0.1, 0.15) is 11.1 Å². The minimum Gasteiger partial charge on any atom is -0.482 e. The summed E-state index contributed by atoms with van der Waals surface area (Å²) in [6.45, 7) is 0.430. The van der Waals surface area contributed by atoms with Crippen LogP contribution in [0.25, 0.3) is 0 Å². The van der Waals surface area contributed by atoms with Crippen LogP contribution in [0.15, 0.2) is 42.5 Å². The molecule has 0 spiro atoms. The first-order chi connectivity index (χ1) is 11.3. The summed E-state index contributed by atoms with van der Waals surface area (Å²) in [6, 6.07) is 14.3. The summed E-state index contributed by atoms with van der Waals surface area (Å²) in [5.41, 5.74) is 1.30. The second kappa shape index (κ2) is 6.71. The molecule has 0 aliphatic carbocycles. The average Bonchev–Trinajstić information content (AvgIpc) is 3.06. The quantitative estimate of drug-likeness (QED) is 0.913. The van der Waals surface area contributed by atoms with E-state index in [9.17, 15) is 4.79 Å². The first-order valence-electron chi connectivity index (χ1n) is 7.03. The van der Waals surface area contributed by atoms with Gasteiger partial charge in [0, 0.05) is 6.54 Å². The smallest absolute Gasteiger partial charge is 0.258 e. The normalized spacial score (nSPS) is 11.6. The molecule has 0 unspecified atom stereocenters. The molecule has 116 valence electrons. The molecule has 2 aromatic carbocycles. The molecule has 0 saturated carbocycles. The molecule has 3 rings (SSSR count). The van der Waals surface area contributed by atoms with Crippen LogP contribution < -0.4 is 19.5 Å². The summed E-state index contributed by atoms with van der Waals surface area (Å²) >= 11 is 0. The van der Waals surface area contributed by atoms with Gasteiger partial charge >= 0.3 is 0 Å². The summed E-state index contributed by atoms with van der Waals surface area (Å²) in [5.74, 6) is 1.51. The van der Waals surface area contributed by atoms with Gasteiger partial charge in [-0.05, 0) is 29.8 Å². The van der Waals surface area contributed by atoms with Gasteiger partial charge in [0.25, 0.3) is 5.91 Å². The number of ether oxygens (including phenoxy) is 3. The molecule has 1 heterocycles. The first-order valence-corrected chi connectivity index (χ1v) is 7.03. The molecule has 1 N–H and O–H groups in total. The number of hydrogen-bond acceptors (Lipinski definition) is 5. The van der Waals surface area contributed by atoms with Crippen LogP contribution in [0.2, 0.25) is 0 Å². The van der Waals surface area contributed by atoms with E-state index in [1.165, 1.54) is 0 Å². The Morgan fingerprint density at radius 2 is 2.04 bits per heavy atom. The van der Waals surface area contributed by atoms with E-state index in [0.717, 1.165) is 5.56 Å². The first kappa shape index (κ1) is 14.7. The monoisotopic (exact) mass is 310 g/mol. The fourth-order valence-electron chi connectivity index (χ4n) is 2.13. The van der Waals surface area contributed by atoms with Crippen LogP contribution in [0.4, 0.5) is 0 Å². The van der Waals surface area contributed by atoms with Crippen LogP contribution in [-0.4, -0.2) is 19.3 Å². The predicted octanol–water partition coefficient (Wildman–Crippen LogP) is 1.98. The van der Waals surface area contributed by atoms with Gasteiger partial charge in [0.1, 0.15) is 11.8 Å². The minimum absolute atomic E-state index is 0.150. The van der Waals surface area contributed by atoms with Gasteiger partial charge in [-0.1, -0.05) is 18.2 Å². The van der Waals surface area contributed by atoms with Crippen molar-refractivity contribution in [1.82, 2.24) is 5.32 Å². The van der Waals surface area contributed by atoms with Gasteiger partial charge in [0.15, 0.2) is 18.1 Å². The Hall–Kier alpha value is -3.20. The third-order valence-electron chi connectivity index (χ3n) is 3.29. The molecule has 0 atom stereocenters. The number of hydrogen-bond donors (Lipinski definition) is 1. The molecular formula is C17H14N2O4. The van der Waals surface area contributed by atoms with Gasteiger partial charge in [-0.15, -0.1) is 0 Å². The Bertz CT molecular complexity index is 767. The largest absolute Gasteiger partial charge is 0.482 e. The van der Waals surface area contributed by atoms with E-state index in [2.05, 4.69) is 5.32 Å². The number of nitrogens with one attached hydrogen (secondary N) is 1. The van der Waals surface area contributed by atoms with Gasteiger partial charge in [0.05, 0.1) is 5.56 Å². The van der Waals surface area contributed by atoms with Crippen LogP contribution in [0, 0.1) is 11.3 Å². The lowest BCUT2D eigenvalue weighted by Gasteiger charge is -2.09. The number of benzene rings is 2. The summed E-state index contributed by atoms with van der Waals surface area (Å²) in [4.78, 5) is 11.8. The zero-order valence-electron chi connectivity index (χ0n) is 12.2. The van der Waals surface area contributed by atoms with Gasteiger partial charge in [-0.2, -0.15) is 5.26 Å². The lowest BCUT2D eigenvalue weighted by Crippen LogP contribution is -2.28. The van der Waals surface area contributed by atoms with E-state index in [1.807, 2.05) is 24.3 Å². The summed E-state index contributed by atoms with van der Waals surface area (Å²) in [7, 11) is 0. The molecule has 0 saturated heterocycles. The van der Waals surface area contributed by atoms with Crippen molar-refractivity contribution in [2.75, 3.05) is 13.4 Å². The molecule has 0 radical (unpaired) electrons. The Morgan fingerprint density at radius 1 is 1.22 bits per heavy atom. The van der Waals surface area contributed by atoms with Crippen LogP contribution in [-0.2, 0) is 11.3 Å². The maximum atomic E-state index is 11.8. The van der Waals surface area contributed by atoms with Gasteiger partial charge in [-0.3, -0.25) is 4.79 Å². The Balaban J connectivity index is 1.51. The topological polar surface area (TPSA) is 80.6 Å². The number of carbonyl (C=O) groups excluding carboxylic acids is 1. The van der Waals surface area contributed by atoms with E-state index in [1.54, 1.807) is 24.3 Å². The molecular weight excluding hydrogens is 296 g/mol.